The second kappa shape index (κ2) is 5.09. The Balaban J connectivity index is 2.09. The van der Waals surface area contributed by atoms with Crippen molar-refractivity contribution in [2.24, 2.45) is 7.05 Å². The largest absolute Gasteiger partial charge is 0.476 e. The van der Waals surface area contributed by atoms with E-state index >= 15 is 0 Å². The Hall–Kier alpha value is -2.55. The number of imidazole rings is 1. The average Bonchev–Trinajstić information content (AvgIpc) is 3.11. The van der Waals surface area contributed by atoms with Crippen molar-refractivity contribution in [3.63, 3.8) is 0 Å². The van der Waals surface area contributed by atoms with Crippen molar-refractivity contribution in [1.82, 2.24) is 29.5 Å². The number of hydrogen-bond donors (Lipinski definition) is 1. The zero-order chi connectivity index (χ0) is 15.0. The lowest BCUT2D eigenvalue weighted by Gasteiger charge is -2.06. The topological polar surface area (TPSA) is 98.7 Å². The van der Waals surface area contributed by atoms with Gasteiger partial charge in [-0.15, -0.1) is 16.4 Å². The smallest absolute Gasteiger partial charge is 0.358 e. The molecular formula is C12H12N6O2S. The van der Waals surface area contributed by atoms with E-state index in [-0.39, 0.29) is 5.69 Å². The van der Waals surface area contributed by atoms with Gasteiger partial charge in [0.05, 0.1) is 29.8 Å². The highest BCUT2D eigenvalue weighted by atomic mass is 32.1. The molecule has 3 aromatic rings. The first-order chi connectivity index (χ1) is 10.1. The van der Waals surface area contributed by atoms with Gasteiger partial charge in [-0.3, -0.25) is 0 Å². The molecule has 0 spiro atoms. The number of aryl methyl sites for hydroxylation is 2. The minimum Gasteiger partial charge on any atom is -0.476 e. The highest BCUT2D eigenvalue weighted by Gasteiger charge is 2.23. The maximum Gasteiger partial charge on any atom is 0.358 e. The van der Waals surface area contributed by atoms with Gasteiger partial charge in [-0.05, 0) is 6.92 Å². The number of hydrogen-bond acceptors (Lipinski definition) is 6. The highest BCUT2D eigenvalue weighted by Crippen LogP contribution is 2.23. The molecule has 0 atom stereocenters. The minimum atomic E-state index is -1.11. The zero-order valence-electron chi connectivity index (χ0n) is 11.4. The first kappa shape index (κ1) is 13.4. The number of rotatable bonds is 4. The van der Waals surface area contributed by atoms with Crippen LogP contribution < -0.4 is 0 Å². The Bertz CT molecular complexity index is 802. The van der Waals surface area contributed by atoms with Crippen molar-refractivity contribution >= 4 is 17.3 Å². The van der Waals surface area contributed by atoms with Gasteiger partial charge < -0.3 is 9.67 Å². The number of nitrogens with zero attached hydrogens (tertiary/aromatic N) is 6. The summed E-state index contributed by atoms with van der Waals surface area (Å²) in [5.41, 5.74) is 1.01. The molecule has 21 heavy (non-hydrogen) atoms. The Kier molecular flexibility index (Phi) is 3.26. The van der Waals surface area contributed by atoms with Gasteiger partial charge in [0.1, 0.15) is 5.69 Å². The molecule has 0 saturated carbocycles. The molecule has 0 aliphatic heterocycles. The third-order valence-corrected chi connectivity index (χ3v) is 3.87. The van der Waals surface area contributed by atoms with Crippen molar-refractivity contribution in [3.8, 4) is 11.4 Å². The molecule has 3 rings (SSSR count). The lowest BCUT2D eigenvalue weighted by atomic mass is 10.2. The van der Waals surface area contributed by atoms with Crippen molar-refractivity contribution in [3.05, 3.63) is 34.3 Å². The lowest BCUT2D eigenvalue weighted by molar-refractivity contribution is 0.0691. The van der Waals surface area contributed by atoms with Crippen molar-refractivity contribution in [2.75, 3.05) is 0 Å². The molecule has 108 valence electrons. The standard InChI is InChI=1S/C12H12N6O2S/c1-7-14-3-8(21-7)5-18-11(9-4-13-6-17(9)2)10(12(19)20)15-16-18/h3-4,6H,5H2,1-2H3,(H,19,20). The van der Waals surface area contributed by atoms with Crippen LogP contribution in [0.4, 0.5) is 0 Å². The Labute approximate surface area is 123 Å². The predicted octanol–water partition coefficient (Wildman–Crippen LogP) is 1.19. The van der Waals surface area contributed by atoms with Gasteiger partial charge in [-0.1, -0.05) is 5.21 Å². The van der Waals surface area contributed by atoms with Crippen LogP contribution in [-0.2, 0) is 13.6 Å². The minimum absolute atomic E-state index is 0.0835. The number of carboxylic acids is 1. The summed E-state index contributed by atoms with van der Waals surface area (Å²) in [6, 6.07) is 0. The Morgan fingerprint density at radius 1 is 1.43 bits per heavy atom. The third kappa shape index (κ3) is 2.42. The number of carboxylic acid groups (broad SMARTS) is 1. The second-order valence-corrected chi connectivity index (χ2v) is 5.80. The van der Waals surface area contributed by atoms with E-state index in [4.69, 9.17) is 0 Å². The molecule has 0 bridgehead atoms. The summed E-state index contributed by atoms with van der Waals surface area (Å²) in [4.78, 5) is 20.5. The van der Waals surface area contributed by atoms with Crippen LogP contribution in [0.5, 0.6) is 0 Å². The van der Waals surface area contributed by atoms with Crippen molar-refractivity contribution in [1.29, 1.82) is 0 Å². The number of carbonyl (C=O) groups is 1. The summed E-state index contributed by atoms with van der Waals surface area (Å²) in [5.74, 6) is -1.11. The van der Waals surface area contributed by atoms with Crippen LogP contribution in [-0.4, -0.2) is 40.6 Å². The first-order valence-electron chi connectivity index (χ1n) is 6.11. The summed E-state index contributed by atoms with van der Waals surface area (Å²) < 4.78 is 3.30. The summed E-state index contributed by atoms with van der Waals surface area (Å²) in [7, 11) is 1.79. The molecule has 9 heteroatoms. The molecule has 0 amide bonds. The van der Waals surface area contributed by atoms with Gasteiger partial charge in [-0.2, -0.15) is 0 Å². The van der Waals surface area contributed by atoms with Crippen molar-refractivity contribution in [2.45, 2.75) is 13.5 Å². The van der Waals surface area contributed by atoms with Gasteiger partial charge in [-0.25, -0.2) is 19.4 Å². The average molecular weight is 304 g/mol. The Morgan fingerprint density at radius 3 is 2.81 bits per heavy atom. The third-order valence-electron chi connectivity index (χ3n) is 2.97. The van der Waals surface area contributed by atoms with Crippen LogP contribution in [0.15, 0.2) is 18.7 Å². The monoisotopic (exact) mass is 304 g/mol. The maximum atomic E-state index is 11.3. The normalized spacial score (nSPS) is 11.0. The molecule has 3 heterocycles. The summed E-state index contributed by atoms with van der Waals surface area (Å²) in [5, 5.41) is 18.0. The molecule has 0 unspecified atom stereocenters. The van der Waals surface area contributed by atoms with Crippen LogP contribution in [0, 0.1) is 6.92 Å². The van der Waals surface area contributed by atoms with E-state index < -0.39 is 5.97 Å². The van der Waals surface area contributed by atoms with Gasteiger partial charge in [0.2, 0.25) is 0 Å². The molecule has 0 radical (unpaired) electrons. The molecule has 0 aliphatic rings. The van der Waals surface area contributed by atoms with Gasteiger partial charge in [0, 0.05) is 18.1 Å². The summed E-state index contributed by atoms with van der Waals surface area (Å²) in [6.45, 7) is 2.34. The number of aromatic nitrogens is 6. The molecule has 0 aromatic carbocycles. The Morgan fingerprint density at radius 2 is 2.24 bits per heavy atom. The number of thiazole rings is 1. The second-order valence-electron chi connectivity index (χ2n) is 4.48. The molecular weight excluding hydrogens is 292 g/mol. The van der Waals surface area contributed by atoms with E-state index in [0.717, 1.165) is 9.88 Å². The van der Waals surface area contributed by atoms with Crippen LogP contribution in [0.1, 0.15) is 20.4 Å². The van der Waals surface area contributed by atoms with Crippen LogP contribution in [0.3, 0.4) is 0 Å². The van der Waals surface area contributed by atoms with Crippen LogP contribution in [0.25, 0.3) is 11.4 Å². The van der Waals surface area contributed by atoms with E-state index in [1.165, 1.54) is 0 Å². The fourth-order valence-corrected chi connectivity index (χ4v) is 2.81. The highest BCUT2D eigenvalue weighted by molar-refractivity contribution is 7.11. The molecule has 3 aromatic heterocycles. The SMILES string of the molecule is Cc1ncc(Cn2nnc(C(=O)O)c2-c2cncn2C)s1. The van der Waals surface area contributed by atoms with Gasteiger partial charge in [0.25, 0.3) is 0 Å². The lowest BCUT2D eigenvalue weighted by Crippen LogP contribution is -2.07. The van der Waals surface area contributed by atoms with E-state index in [9.17, 15) is 9.90 Å². The van der Waals surface area contributed by atoms with E-state index in [2.05, 4.69) is 20.3 Å². The van der Waals surface area contributed by atoms with Crippen LogP contribution >= 0.6 is 11.3 Å². The number of aromatic carboxylic acids is 1. The summed E-state index contributed by atoms with van der Waals surface area (Å²) >= 11 is 1.54. The van der Waals surface area contributed by atoms with Crippen LogP contribution in [0.2, 0.25) is 0 Å². The first-order valence-corrected chi connectivity index (χ1v) is 6.92. The fourth-order valence-electron chi connectivity index (χ4n) is 2.03. The van der Waals surface area contributed by atoms with Gasteiger partial charge in [0.15, 0.2) is 5.69 Å². The van der Waals surface area contributed by atoms with E-state index in [1.54, 1.807) is 46.4 Å². The maximum absolute atomic E-state index is 11.3. The summed E-state index contributed by atoms with van der Waals surface area (Å²) in [6.07, 6.45) is 4.96. The predicted molar refractivity (Wildman–Crippen MR) is 75.1 cm³/mol. The van der Waals surface area contributed by atoms with E-state index in [1.807, 2.05) is 6.92 Å². The molecule has 1 N–H and O–H groups in total. The quantitative estimate of drug-likeness (QED) is 0.777. The molecule has 0 aliphatic carbocycles. The molecule has 0 saturated heterocycles. The fraction of sp³-hybridized carbons (Fsp3) is 0.250. The zero-order valence-corrected chi connectivity index (χ0v) is 12.2. The molecule has 8 nitrogen and oxygen atoms in total. The molecule has 0 fully saturated rings. The van der Waals surface area contributed by atoms with E-state index in [0.29, 0.717) is 17.9 Å². The van der Waals surface area contributed by atoms with Crippen molar-refractivity contribution < 1.29 is 9.90 Å². The van der Waals surface area contributed by atoms with Gasteiger partial charge >= 0.3 is 5.97 Å².